The first-order chi connectivity index (χ1) is 10.2. The third-order valence-electron chi connectivity index (χ3n) is 3.40. The standard InChI is InChI=1S/C16H23N3O2/c1-5-19-14(8-12(2)18-19)11-17-10-13-6-7-15(20-3)9-16(13)21-4/h6-9,17H,5,10-11H2,1-4H3. The van der Waals surface area contributed by atoms with Crippen molar-refractivity contribution in [2.45, 2.75) is 33.5 Å². The molecule has 0 atom stereocenters. The van der Waals surface area contributed by atoms with E-state index in [1.165, 1.54) is 5.69 Å². The largest absolute Gasteiger partial charge is 0.497 e. The van der Waals surface area contributed by atoms with Crippen molar-refractivity contribution < 1.29 is 9.47 Å². The van der Waals surface area contributed by atoms with Crippen molar-refractivity contribution in [1.29, 1.82) is 0 Å². The summed E-state index contributed by atoms with van der Waals surface area (Å²) in [6, 6.07) is 7.98. The van der Waals surface area contributed by atoms with Crippen molar-refractivity contribution in [2.75, 3.05) is 14.2 Å². The van der Waals surface area contributed by atoms with Crippen molar-refractivity contribution in [2.24, 2.45) is 0 Å². The summed E-state index contributed by atoms with van der Waals surface area (Å²) in [6.07, 6.45) is 0. The van der Waals surface area contributed by atoms with Gasteiger partial charge in [-0.2, -0.15) is 5.10 Å². The minimum Gasteiger partial charge on any atom is -0.497 e. The molecule has 1 aromatic carbocycles. The Hall–Kier alpha value is -2.01. The normalized spacial score (nSPS) is 10.7. The molecule has 0 saturated carbocycles. The average molecular weight is 289 g/mol. The minimum absolute atomic E-state index is 0.737. The number of hydrogen-bond acceptors (Lipinski definition) is 4. The number of methoxy groups -OCH3 is 2. The first kappa shape index (κ1) is 15.4. The minimum atomic E-state index is 0.737. The number of ether oxygens (including phenoxy) is 2. The van der Waals surface area contributed by atoms with Crippen LogP contribution in [0.2, 0.25) is 0 Å². The second-order valence-electron chi connectivity index (χ2n) is 4.87. The fraction of sp³-hybridized carbons (Fsp3) is 0.438. The summed E-state index contributed by atoms with van der Waals surface area (Å²) in [5, 5.41) is 7.88. The van der Waals surface area contributed by atoms with E-state index in [4.69, 9.17) is 9.47 Å². The Kier molecular flexibility index (Phi) is 5.22. The van der Waals surface area contributed by atoms with Gasteiger partial charge in [0.1, 0.15) is 11.5 Å². The molecule has 2 rings (SSSR count). The molecule has 0 aliphatic rings. The van der Waals surface area contributed by atoms with Crippen molar-refractivity contribution >= 4 is 0 Å². The van der Waals surface area contributed by atoms with Crippen LogP contribution in [-0.4, -0.2) is 24.0 Å². The van der Waals surface area contributed by atoms with Gasteiger partial charge in [-0.3, -0.25) is 4.68 Å². The zero-order chi connectivity index (χ0) is 15.2. The van der Waals surface area contributed by atoms with E-state index < -0.39 is 0 Å². The Morgan fingerprint density at radius 3 is 2.62 bits per heavy atom. The summed E-state index contributed by atoms with van der Waals surface area (Å²) >= 11 is 0. The van der Waals surface area contributed by atoms with Gasteiger partial charge in [0.15, 0.2) is 0 Å². The fourth-order valence-electron chi connectivity index (χ4n) is 2.34. The molecule has 21 heavy (non-hydrogen) atoms. The molecule has 1 heterocycles. The van der Waals surface area contributed by atoms with Crippen LogP contribution in [0.1, 0.15) is 23.9 Å². The van der Waals surface area contributed by atoms with E-state index in [9.17, 15) is 0 Å². The smallest absolute Gasteiger partial charge is 0.127 e. The third-order valence-corrected chi connectivity index (χ3v) is 3.40. The Morgan fingerprint density at radius 1 is 1.14 bits per heavy atom. The second kappa shape index (κ2) is 7.13. The first-order valence-electron chi connectivity index (χ1n) is 7.12. The fourth-order valence-corrected chi connectivity index (χ4v) is 2.34. The molecule has 0 aliphatic heterocycles. The summed E-state index contributed by atoms with van der Waals surface area (Å²) in [5.74, 6) is 1.64. The topological polar surface area (TPSA) is 48.3 Å². The SMILES string of the molecule is CCn1nc(C)cc1CNCc1ccc(OC)cc1OC. The highest BCUT2D eigenvalue weighted by molar-refractivity contribution is 5.40. The van der Waals surface area contributed by atoms with Crippen LogP contribution in [0.5, 0.6) is 11.5 Å². The second-order valence-corrected chi connectivity index (χ2v) is 4.87. The van der Waals surface area contributed by atoms with Crippen LogP contribution in [0.4, 0.5) is 0 Å². The Balaban J connectivity index is 1.99. The summed E-state index contributed by atoms with van der Waals surface area (Å²) in [7, 11) is 3.33. The number of nitrogens with zero attached hydrogens (tertiary/aromatic N) is 2. The lowest BCUT2D eigenvalue weighted by molar-refractivity contribution is 0.389. The molecule has 2 aromatic rings. The molecule has 5 nitrogen and oxygen atoms in total. The predicted octanol–water partition coefficient (Wildman–Crippen LogP) is 2.52. The van der Waals surface area contributed by atoms with Gasteiger partial charge in [-0.25, -0.2) is 0 Å². The van der Waals surface area contributed by atoms with Crippen LogP contribution in [0, 0.1) is 6.92 Å². The van der Waals surface area contributed by atoms with Crippen LogP contribution in [0.15, 0.2) is 24.3 Å². The molecular formula is C16H23N3O2. The van der Waals surface area contributed by atoms with Gasteiger partial charge in [-0.15, -0.1) is 0 Å². The van der Waals surface area contributed by atoms with Gasteiger partial charge in [0.05, 0.1) is 25.6 Å². The highest BCUT2D eigenvalue weighted by atomic mass is 16.5. The molecule has 0 saturated heterocycles. The van der Waals surface area contributed by atoms with E-state index >= 15 is 0 Å². The van der Waals surface area contributed by atoms with E-state index in [2.05, 4.69) is 23.4 Å². The Morgan fingerprint density at radius 2 is 1.95 bits per heavy atom. The monoisotopic (exact) mass is 289 g/mol. The molecule has 5 heteroatoms. The van der Waals surface area contributed by atoms with Gasteiger partial charge in [-0.1, -0.05) is 6.07 Å². The molecule has 0 unspecified atom stereocenters. The number of benzene rings is 1. The zero-order valence-corrected chi connectivity index (χ0v) is 13.1. The van der Waals surface area contributed by atoms with Gasteiger partial charge in [0, 0.05) is 31.3 Å². The number of nitrogens with one attached hydrogen (secondary N) is 1. The maximum atomic E-state index is 5.40. The number of rotatable bonds is 7. The predicted molar refractivity (Wildman–Crippen MR) is 82.7 cm³/mol. The molecule has 1 N–H and O–H groups in total. The van der Waals surface area contributed by atoms with Crippen LogP contribution in [-0.2, 0) is 19.6 Å². The number of hydrogen-bond donors (Lipinski definition) is 1. The molecule has 0 amide bonds. The van der Waals surface area contributed by atoms with Gasteiger partial charge in [0.25, 0.3) is 0 Å². The van der Waals surface area contributed by atoms with E-state index in [-0.39, 0.29) is 0 Å². The van der Waals surface area contributed by atoms with E-state index in [1.807, 2.05) is 29.8 Å². The number of aromatic nitrogens is 2. The lowest BCUT2D eigenvalue weighted by Gasteiger charge is -2.11. The average Bonchev–Trinajstić information content (AvgIpc) is 2.87. The van der Waals surface area contributed by atoms with Gasteiger partial charge >= 0.3 is 0 Å². The molecule has 114 valence electrons. The molecule has 0 aliphatic carbocycles. The van der Waals surface area contributed by atoms with E-state index in [0.29, 0.717) is 0 Å². The summed E-state index contributed by atoms with van der Waals surface area (Å²) < 4.78 is 12.6. The van der Waals surface area contributed by atoms with Crippen molar-refractivity contribution in [3.8, 4) is 11.5 Å². The lowest BCUT2D eigenvalue weighted by atomic mass is 10.2. The van der Waals surface area contributed by atoms with Gasteiger partial charge < -0.3 is 14.8 Å². The van der Waals surface area contributed by atoms with Gasteiger partial charge in [-0.05, 0) is 26.0 Å². The Labute approximate surface area is 125 Å². The zero-order valence-electron chi connectivity index (χ0n) is 13.1. The van der Waals surface area contributed by atoms with Crippen molar-refractivity contribution in [3.05, 3.63) is 41.2 Å². The molecule has 0 fully saturated rings. The van der Waals surface area contributed by atoms with Crippen LogP contribution in [0.3, 0.4) is 0 Å². The maximum Gasteiger partial charge on any atom is 0.127 e. The highest BCUT2D eigenvalue weighted by Crippen LogP contribution is 2.24. The maximum absolute atomic E-state index is 5.40. The third kappa shape index (κ3) is 3.76. The van der Waals surface area contributed by atoms with Crippen LogP contribution < -0.4 is 14.8 Å². The quantitative estimate of drug-likeness (QED) is 0.851. The molecule has 1 aromatic heterocycles. The highest BCUT2D eigenvalue weighted by Gasteiger charge is 2.07. The van der Waals surface area contributed by atoms with E-state index in [1.54, 1.807) is 14.2 Å². The molecule has 0 bridgehead atoms. The number of aryl methyl sites for hydroxylation is 2. The van der Waals surface area contributed by atoms with Crippen LogP contribution >= 0.6 is 0 Å². The molecule has 0 radical (unpaired) electrons. The summed E-state index contributed by atoms with van der Waals surface area (Å²) in [4.78, 5) is 0. The summed E-state index contributed by atoms with van der Waals surface area (Å²) in [5.41, 5.74) is 3.36. The first-order valence-corrected chi connectivity index (χ1v) is 7.12. The van der Waals surface area contributed by atoms with Crippen LogP contribution in [0.25, 0.3) is 0 Å². The summed E-state index contributed by atoms with van der Waals surface area (Å²) in [6.45, 7) is 6.52. The Bertz CT molecular complexity index is 593. The lowest BCUT2D eigenvalue weighted by Crippen LogP contribution is -2.16. The van der Waals surface area contributed by atoms with Crippen molar-refractivity contribution in [1.82, 2.24) is 15.1 Å². The molecule has 0 spiro atoms. The van der Waals surface area contributed by atoms with E-state index in [0.717, 1.165) is 42.4 Å². The van der Waals surface area contributed by atoms with Crippen molar-refractivity contribution in [3.63, 3.8) is 0 Å². The molecular weight excluding hydrogens is 266 g/mol. The van der Waals surface area contributed by atoms with Gasteiger partial charge in [0.2, 0.25) is 0 Å².